The molecule has 2 atom stereocenters. The van der Waals surface area contributed by atoms with Crippen molar-refractivity contribution >= 4 is 0 Å². The predicted octanol–water partition coefficient (Wildman–Crippen LogP) is 0.224. The van der Waals surface area contributed by atoms with E-state index in [9.17, 15) is 0 Å². The monoisotopic (exact) mass is 88.1 g/mol. The Balaban J connectivity index is 2.41. The molecular formula is C4H10NO+. The van der Waals surface area contributed by atoms with E-state index in [0.29, 0.717) is 6.04 Å². The quantitative estimate of drug-likeness (QED) is 0.332. The average molecular weight is 88.1 g/mol. The lowest BCUT2D eigenvalue weighted by atomic mass is 10.6. The normalized spacial score (nSPS) is 55.5. The van der Waals surface area contributed by atoms with Crippen molar-refractivity contribution in [2.45, 2.75) is 13.0 Å². The van der Waals surface area contributed by atoms with Crippen LogP contribution in [0.5, 0.6) is 0 Å². The Morgan fingerprint density at radius 2 is 2.00 bits per heavy atom. The van der Waals surface area contributed by atoms with Crippen LogP contribution in [0.1, 0.15) is 6.92 Å². The number of likely N-dealkylation sites (N-methyl/N-ethyl adjacent to an activating group) is 1. The summed E-state index contributed by atoms with van der Waals surface area (Å²) in [5.41, 5.74) is 0. The number of rotatable bonds is 0. The van der Waals surface area contributed by atoms with Crippen LogP contribution in [0.25, 0.3) is 0 Å². The van der Waals surface area contributed by atoms with Gasteiger partial charge in [-0.05, 0) is 6.92 Å². The molecule has 6 heavy (non-hydrogen) atoms. The van der Waals surface area contributed by atoms with Crippen LogP contribution in [0.4, 0.5) is 0 Å². The van der Waals surface area contributed by atoms with E-state index in [1.54, 1.807) is 0 Å². The predicted molar refractivity (Wildman–Crippen MR) is 22.3 cm³/mol. The van der Waals surface area contributed by atoms with Crippen molar-refractivity contribution in [2.24, 2.45) is 0 Å². The summed E-state index contributed by atoms with van der Waals surface area (Å²) in [6.07, 6.45) is 0. The summed E-state index contributed by atoms with van der Waals surface area (Å²) in [6, 6.07) is 0.491. The molecule has 1 N–H and O–H groups in total. The maximum Gasteiger partial charge on any atom is 0.168 e. The lowest BCUT2D eigenvalue weighted by molar-refractivity contribution is -0.993. The molecule has 0 radical (unpaired) electrons. The van der Waals surface area contributed by atoms with E-state index in [2.05, 4.69) is 0 Å². The van der Waals surface area contributed by atoms with Crippen LogP contribution >= 0.6 is 0 Å². The van der Waals surface area contributed by atoms with Gasteiger partial charge < -0.3 is 0 Å². The minimum absolute atomic E-state index is 0.236. The second-order valence-electron chi connectivity index (χ2n) is 2.25. The molecule has 0 aliphatic carbocycles. The maximum absolute atomic E-state index is 8.84. The molecule has 0 bridgehead atoms. The summed E-state index contributed by atoms with van der Waals surface area (Å²) in [5, 5.41) is 8.84. The molecule has 36 valence electrons. The van der Waals surface area contributed by atoms with Gasteiger partial charge in [0.15, 0.2) is 12.6 Å². The standard InChI is InChI=1S/C4H10NO/c1-4-3-5(4,2)6/h4,6H,3H2,1-2H3/q+1/t4-,5?/m1/s1. The van der Waals surface area contributed by atoms with Crippen molar-refractivity contribution in [3.8, 4) is 0 Å². The van der Waals surface area contributed by atoms with Crippen molar-refractivity contribution in [2.75, 3.05) is 13.6 Å². The molecule has 0 aromatic carbocycles. The van der Waals surface area contributed by atoms with Gasteiger partial charge in [-0.25, -0.2) is 5.21 Å². The Hall–Kier alpha value is -0.0800. The third-order valence-electron chi connectivity index (χ3n) is 1.45. The fourth-order valence-electron chi connectivity index (χ4n) is 0.488. The molecule has 0 aromatic heterocycles. The van der Waals surface area contributed by atoms with Gasteiger partial charge in [0.05, 0.1) is 7.05 Å². The molecule has 2 heteroatoms. The summed E-state index contributed by atoms with van der Waals surface area (Å²) in [5.74, 6) is 0. The van der Waals surface area contributed by atoms with Crippen LogP contribution < -0.4 is 0 Å². The smallest absolute Gasteiger partial charge is 0.168 e. The Morgan fingerprint density at radius 3 is 2.00 bits per heavy atom. The number of quaternary nitrogens is 1. The Morgan fingerprint density at radius 1 is 1.83 bits per heavy atom. The van der Waals surface area contributed by atoms with Crippen LogP contribution in [0, 0.1) is 0 Å². The van der Waals surface area contributed by atoms with Gasteiger partial charge in [0.2, 0.25) is 0 Å². The molecular weight excluding hydrogens is 78.0 g/mol. The topological polar surface area (TPSA) is 20.2 Å². The van der Waals surface area contributed by atoms with Crippen LogP contribution in [0.3, 0.4) is 0 Å². The van der Waals surface area contributed by atoms with E-state index in [0.717, 1.165) is 6.54 Å². The van der Waals surface area contributed by atoms with Gasteiger partial charge in [-0.15, -0.1) is 0 Å². The Labute approximate surface area is 37.5 Å². The minimum Gasteiger partial charge on any atom is -0.217 e. The van der Waals surface area contributed by atoms with Crippen molar-refractivity contribution in [1.82, 2.24) is 0 Å². The van der Waals surface area contributed by atoms with E-state index >= 15 is 0 Å². The highest BCUT2D eigenvalue weighted by Crippen LogP contribution is 2.21. The third-order valence-corrected chi connectivity index (χ3v) is 1.45. The SMILES string of the molecule is C[C@@H]1C[N+]1(C)O. The molecule has 0 spiro atoms. The summed E-state index contributed by atoms with van der Waals surface area (Å²) in [7, 11) is 1.81. The molecule has 0 amide bonds. The van der Waals surface area contributed by atoms with Crippen molar-refractivity contribution in [3.05, 3.63) is 0 Å². The van der Waals surface area contributed by atoms with Crippen LogP contribution in [-0.4, -0.2) is 29.5 Å². The molecule has 1 saturated heterocycles. The van der Waals surface area contributed by atoms with Crippen molar-refractivity contribution in [3.63, 3.8) is 0 Å². The first-order valence-electron chi connectivity index (χ1n) is 2.21. The number of hydrogen-bond donors (Lipinski definition) is 1. The lowest BCUT2D eigenvalue weighted by Crippen LogP contribution is -2.14. The van der Waals surface area contributed by atoms with Crippen LogP contribution in [0.15, 0.2) is 0 Å². The highest BCUT2D eigenvalue weighted by atomic mass is 16.6. The lowest BCUT2D eigenvalue weighted by Gasteiger charge is -1.95. The second-order valence-corrected chi connectivity index (χ2v) is 2.25. The molecule has 1 fully saturated rings. The highest BCUT2D eigenvalue weighted by Gasteiger charge is 2.47. The van der Waals surface area contributed by atoms with E-state index in [1.165, 1.54) is 0 Å². The summed E-state index contributed by atoms with van der Waals surface area (Å²) in [6.45, 7) is 2.96. The zero-order valence-corrected chi connectivity index (χ0v) is 4.18. The number of nitrogens with zero attached hydrogens (tertiary/aromatic N) is 1. The van der Waals surface area contributed by atoms with E-state index < -0.39 is 0 Å². The molecule has 0 aromatic rings. The Kier molecular flexibility index (Phi) is 0.524. The molecule has 2 nitrogen and oxygen atoms in total. The van der Waals surface area contributed by atoms with Gasteiger partial charge >= 0.3 is 0 Å². The van der Waals surface area contributed by atoms with Crippen LogP contribution in [-0.2, 0) is 0 Å². The van der Waals surface area contributed by atoms with E-state index in [-0.39, 0.29) is 4.65 Å². The minimum atomic E-state index is 0.236. The van der Waals surface area contributed by atoms with Gasteiger partial charge in [-0.1, -0.05) is 0 Å². The molecule has 1 heterocycles. The maximum atomic E-state index is 8.84. The first-order valence-corrected chi connectivity index (χ1v) is 2.21. The fraction of sp³-hybridized carbons (Fsp3) is 1.00. The number of hydrogen-bond acceptors (Lipinski definition) is 1. The zero-order chi connectivity index (χ0) is 4.78. The van der Waals surface area contributed by atoms with Gasteiger partial charge in [-0.2, -0.15) is 4.65 Å². The van der Waals surface area contributed by atoms with Crippen molar-refractivity contribution < 1.29 is 9.85 Å². The molecule has 1 rings (SSSR count). The first-order chi connectivity index (χ1) is 2.63. The van der Waals surface area contributed by atoms with E-state index in [1.807, 2.05) is 14.0 Å². The Bertz CT molecular complexity index is 69.9. The zero-order valence-electron chi connectivity index (χ0n) is 4.18. The number of hydroxylamine groups is 3. The van der Waals surface area contributed by atoms with Crippen LogP contribution in [0.2, 0.25) is 0 Å². The highest BCUT2D eigenvalue weighted by molar-refractivity contribution is 4.58. The third kappa shape index (κ3) is 0.420. The van der Waals surface area contributed by atoms with Gasteiger partial charge in [0.1, 0.15) is 0 Å². The van der Waals surface area contributed by atoms with Gasteiger partial charge in [0, 0.05) is 0 Å². The summed E-state index contributed by atoms with van der Waals surface area (Å²) in [4.78, 5) is 0. The largest absolute Gasteiger partial charge is 0.217 e. The molecule has 1 aliphatic rings. The average Bonchev–Trinajstić information content (AvgIpc) is 1.73. The first kappa shape index (κ1) is 4.09. The van der Waals surface area contributed by atoms with Crippen molar-refractivity contribution in [1.29, 1.82) is 0 Å². The fourth-order valence-corrected chi connectivity index (χ4v) is 0.488. The molecule has 1 aliphatic heterocycles. The summed E-state index contributed by atoms with van der Waals surface area (Å²) < 4.78 is 0.236. The molecule has 1 unspecified atom stereocenters. The van der Waals surface area contributed by atoms with E-state index in [4.69, 9.17) is 5.21 Å². The van der Waals surface area contributed by atoms with Gasteiger partial charge in [0.25, 0.3) is 0 Å². The van der Waals surface area contributed by atoms with Gasteiger partial charge in [-0.3, -0.25) is 0 Å². The molecule has 0 saturated carbocycles. The second kappa shape index (κ2) is 0.768. The summed E-state index contributed by atoms with van der Waals surface area (Å²) >= 11 is 0.